The molecule has 3 rings (SSSR count). The fraction of sp³-hybridized carbons (Fsp3) is 0.250. The van der Waals surface area contributed by atoms with Gasteiger partial charge in [-0.05, 0) is 95.9 Å². The SMILES string of the molecule is CCOc1cc(CNc2cc(C)ccc2C)cc(I)c1OCc1ccc(Cl)cc1. The molecule has 0 aromatic heterocycles. The first-order valence-corrected chi connectivity index (χ1v) is 11.1. The van der Waals surface area contributed by atoms with Crippen LogP contribution in [0.25, 0.3) is 0 Å². The Morgan fingerprint density at radius 3 is 2.41 bits per heavy atom. The van der Waals surface area contributed by atoms with Gasteiger partial charge in [0.15, 0.2) is 11.5 Å². The van der Waals surface area contributed by atoms with Gasteiger partial charge in [-0.15, -0.1) is 0 Å². The molecule has 0 spiro atoms. The lowest BCUT2D eigenvalue weighted by Gasteiger charge is -2.17. The molecule has 3 aromatic rings. The van der Waals surface area contributed by atoms with Gasteiger partial charge in [0.25, 0.3) is 0 Å². The summed E-state index contributed by atoms with van der Waals surface area (Å²) in [6.07, 6.45) is 0. The number of rotatable bonds is 8. The van der Waals surface area contributed by atoms with Crippen molar-refractivity contribution < 1.29 is 9.47 Å². The largest absolute Gasteiger partial charge is 0.490 e. The average molecular weight is 522 g/mol. The van der Waals surface area contributed by atoms with Crippen molar-refractivity contribution in [3.8, 4) is 11.5 Å². The van der Waals surface area contributed by atoms with Gasteiger partial charge >= 0.3 is 0 Å². The molecule has 0 bridgehead atoms. The van der Waals surface area contributed by atoms with E-state index < -0.39 is 0 Å². The van der Waals surface area contributed by atoms with E-state index in [1.807, 2.05) is 31.2 Å². The highest BCUT2D eigenvalue weighted by Gasteiger charge is 2.13. The molecule has 3 nitrogen and oxygen atoms in total. The fourth-order valence-electron chi connectivity index (χ4n) is 2.99. The van der Waals surface area contributed by atoms with Crippen LogP contribution in [0.15, 0.2) is 54.6 Å². The molecule has 0 aliphatic heterocycles. The first-order valence-electron chi connectivity index (χ1n) is 9.60. The molecule has 0 saturated carbocycles. The summed E-state index contributed by atoms with van der Waals surface area (Å²) in [5.41, 5.74) is 5.85. The van der Waals surface area contributed by atoms with Gasteiger partial charge in [-0.3, -0.25) is 0 Å². The molecule has 152 valence electrons. The third-order valence-electron chi connectivity index (χ3n) is 4.54. The molecule has 0 aliphatic rings. The topological polar surface area (TPSA) is 30.5 Å². The molecular formula is C24H25ClINO2. The van der Waals surface area contributed by atoms with Gasteiger partial charge < -0.3 is 14.8 Å². The number of hydrogen-bond donors (Lipinski definition) is 1. The summed E-state index contributed by atoms with van der Waals surface area (Å²) in [5.74, 6) is 1.55. The molecular weight excluding hydrogens is 497 g/mol. The molecule has 0 radical (unpaired) electrons. The van der Waals surface area contributed by atoms with Crippen molar-refractivity contribution >= 4 is 39.9 Å². The standard InChI is InChI=1S/C24H25ClINO2/c1-4-28-23-13-19(14-27-22-11-16(2)5-6-17(22)3)12-21(26)24(23)29-15-18-7-9-20(25)10-8-18/h5-13,27H,4,14-15H2,1-3H3. The predicted molar refractivity (Wildman–Crippen MR) is 129 cm³/mol. The van der Waals surface area contributed by atoms with Crippen LogP contribution in [0.2, 0.25) is 5.02 Å². The number of halogens is 2. The van der Waals surface area contributed by atoms with Gasteiger partial charge in [0, 0.05) is 17.3 Å². The molecule has 0 aliphatic carbocycles. The van der Waals surface area contributed by atoms with E-state index in [1.165, 1.54) is 11.1 Å². The van der Waals surface area contributed by atoms with E-state index >= 15 is 0 Å². The average Bonchev–Trinajstić information content (AvgIpc) is 2.69. The van der Waals surface area contributed by atoms with Crippen LogP contribution < -0.4 is 14.8 Å². The summed E-state index contributed by atoms with van der Waals surface area (Å²) in [7, 11) is 0. The highest BCUT2D eigenvalue weighted by atomic mass is 127. The van der Waals surface area contributed by atoms with Gasteiger partial charge in [0.2, 0.25) is 0 Å². The normalized spacial score (nSPS) is 10.7. The number of hydrogen-bond acceptors (Lipinski definition) is 3. The van der Waals surface area contributed by atoms with E-state index in [-0.39, 0.29) is 0 Å². The summed E-state index contributed by atoms with van der Waals surface area (Å²) in [4.78, 5) is 0. The van der Waals surface area contributed by atoms with Crippen LogP contribution in [-0.4, -0.2) is 6.61 Å². The van der Waals surface area contributed by atoms with E-state index in [0.29, 0.717) is 13.2 Å². The van der Waals surface area contributed by atoms with Crippen LogP contribution in [0.1, 0.15) is 29.2 Å². The Bertz CT molecular complexity index is 973. The second-order valence-electron chi connectivity index (χ2n) is 6.92. The Hall–Kier alpha value is -1.92. The summed E-state index contributed by atoms with van der Waals surface area (Å²) in [5, 5.41) is 4.26. The molecule has 3 aromatic carbocycles. The highest BCUT2D eigenvalue weighted by Crippen LogP contribution is 2.35. The number of nitrogens with one attached hydrogen (secondary N) is 1. The van der Waals surface area contributed by atoms with Crippen molar-refractivity contribution in [2.75, 3.05) is 11.9 Å². The van der Waals surface area contributed by atoms with Gasteiger partial charge in [0.05, 0.1) is 10.2 Å². The second kappa shape index (κ2) is 10.2. The van der Waals surface area contributed by atoms with E-state index in [9.17, 15) is 0 Å². The maximum absolute atomic E-state index is 6.10. The minimum absolute atomic E-state index is 0.466. The number of ether oxygens (including phenoxy) is 2. The molecule has 0 heterocycles. The van der Waals surface area contributed by atoms with Gasteiger partial charge in [-0.1, -0.05) is 35.9 Å². The Morgan fingerprint density at radius 2 is 1.69 bits per heavy atom. The van der Waals surface area contributed by atoms with Gasteiger partial charge in [-0.25, -0.2) is 0 Å². The molecule has 29 heavy (non-hydrogen) atoms. The van der Waals surface area contributed by atoms with Crippen LogP contribution in [0.5, 0.6) is 11.5 Å². The van der Waals surface area contributed by atoms with Crippen molar-refractivity contribution in [2.45, 2.75) is 33.9 Å². The maximum Gasteiger partial charge on any atom is 0.174 e. The molecule has 0 unspecified atom stereocenters. The second-order valence-corrected chi connectivity index (χ2v) is 8.52. The first kappa shape index (κ1) is 21.8. The van der Waals surface area contributed by atoms with Crippen LogP contribution in [0.3, 0.4) is 0 Å². The Labute approximate surface area is 191 Å². The van der Waals surface area contributed by atoms with Crippen molar-refractivity contribution in [3.05, 3.63) is 85.4 Å². The van der Waals surface area contributed by atoms with E-state index in [0.717, 1.165) is 43.5 Å². The molecule has 1 N–H and O–H groups in total. The first-order chi connectivity index (χ1) is 14.0. The quantitative estimate of drug-likeness (QED) is 0.319. The summed E-state index contributed by atoms with van der Waals surface area (Å²) in [6.45, 7) is 7.97. The number of aryl methyl sites for hydroxylation is 2. The van der Waals surface area contributed by atoms with Crippen molar-refractivity contribution in [3.63, 3.8) is 0 Å². The minimum atomic E-state index is 0.466. The van der Waals surface area contributed by atoms with Crippen LogP contribution in [0.4, 0.5) is 5.69 Å². The smallest absolute Gasteiger partial charge is 0.174 e. The summed E-state index contributed by atoms with van der Waals surface area (Å²) >= 11 is 8.27. The Kier molecular flexibility index (Phi) is 7.67. The third-order valence-corrected chi connectivity index (χ3v) is 5.59. The molecule has 0 saturated heterocycles. The monoisotopic (exact) mass is 521 g/mol. The van der Waals surface area contributed by atoms with Crippen LogP contribution in [0, 0.1) is 17.4 Å². The Morgan fingerprint density at radius 1 is 0.931 bits per heavy atom. The zero-order valence-corrected chi connectivity index (χ0v) is 19.8. The summed E-state index contributed by atoms with van der Waals surface area (Å²) in [6, 6.07) is 18.3. The van der Waals surface area contributed by atoms with E-state index in [4.69, 9.17) is 21.1 Å². The summed E-state index contributed by atoms with van der Waals surface area (Å²) < 4.78 is 13.0. The molecule has 5 heteroatoms. The van der Waals surface area contributed by atoms with E-state index in [1.54, 1.807) is 0 Å². The van der Waals surface area contributed by atoms with Crippen LogP contribution in [-0.2, 0) is 13.2 Å². The zero-order chi connectivity index (χ0) is 20.8. The molecule has 0 fully saturated rings. The minimum Gasteiger partial charge on any atom is -0.490 e. The van der Waals surface area contributed by atoms with E-state index in [2.05, 4.69) is 72.1 Å². The van der Waals surface area contributed by atoms with Crippen molar-refractivity contribution in [1.82, 2.24) is 0 Å². The van der Waals surface area contributed by atoms with Crippen LogP contribution >= 0.6 is 34.2 Å². The maximum atomic E-state index is 6.10. The lowest BCUT2D eigenvalue weighted by molar-refractivity contribution is 0.267. The lowest BCUT2D eigenvalue weighted by Crippen LogP contribution is -2.05. The number of benzene rings is 3. The van der Waals surface area contributed by atoms with Crippen molar-refractivity contribution in [2.24, 2.45) is 0 Å². The van der Waals surface area contributed by atoms with Crippen molar-refractivity contribution in [1.29, 1.82) is 0 Å². The fourth-order valence-corrected chi connectivity index (χ4v) is 3.93. The molecule has 0 atom stereocenters. The Balaban J connectivity index is 1.76. The zero-order valence-electron chi connectivity index (χ0n) is 16.9. The molecule has 0 amide bonds. The van der Waals surface area contributed by atoms with Gasteiger partial charge in [0.1, 0.15) is 6.61 Å². The lowest BCUT2D eigenvalue weighted by atomic mass is 10.1. The van der Waals surface area contributed by atoms with Gasteiger partial charge in [-0.2, -0.15) is 0 Å². The number of anilines is 1. The highest BCUT2D eigenvalue weighted by molar-refractivity contribution is 14.1. The third kappa shape index (κ3) is 6.03. The predicted octanol–water partition coefficient (Wildman–Crippen LogP) is 7.15.